The normalized spacial score (nSPS) is 16.4. The number of nitrogens with zero attached hydrogens (tertiary/aromatic N) is 2. The van der Waals surface area contributed by atoms with Crippen molar-refractivity contribution >= 4 is 17.7 Å². The first-order valence-corrected chi connectivity index (χ1v) is 11.2. The van der Waals surface area contributed by atoms with Crippen molar-refractivity contribution in [1.82, 2.24) is 15.3 Å². The van der Waals surface area contributed by atoms with E-state index in [-0.39, 0.29) is 17.3 Å². The van der Waals surface area contributed by atoms with Gasteiger partial charge in [0.2, 0.25) is 5.91 Å². The molecule has 1 saturated carbocycles. The average molecular weight is 455 g/mol. The number of ether oxygens (including phenoxy) is 3. The third kappa shape index (κ3) is 5.02. The van der Waals surface area contributed by atoms with E-state index in [2.05, 4.69) is 20.6 Å². The van der Waals surface area contributed by atoms with Gasteiger partial charge in [-0.15, -0.1) is 0 Å². The third-order valence-electron chi connectivity index (χ3n) is 5.71. The lowest BCUT2D eigenvalue weighted by atomic mass is 9.95. The first kappa shape index (κ1) is 22.8. The molecule has 1 atom stereocenters. The van der Waals surface area contributed by atoms with Gasteiger partial charge in [0.15, 0.2) is 0 Å². The number of anilines is 1. The number of alkyl carbamates (subject to hydrolysis) is 1. The first-order chi connectivity index (χ1) is 15.6. The van der Waals surface area contributed by atoms with Crippen molar-refractivity contribution in [1.29, 1.82) is 0 Å². The van der Waals surface area contributed by atoms with Gasteiger partial charge in [-0.2, -0.15) is 0 Å². The van der Waals surface area contributed by atoms with Crippen molar-refractivity contribution in [2.75, 3.05) is 11.9 Å². The van der Waals surface area contributed by atoms with Crippen molar-refractivity contribution in [3.05, 3.63) is 35.7 Å². The molecule has 176 valence electrons. The zero-order chi connectivity index (χ0) is 23.8. The Hall–Kier alpha value is -3.36. The summed E-state index contributed by atoms with van der Waals surface area (Å²) in [7, 11) is 0. The lowest BCUT2D eigenvalue weighted by Gasteiger charge is -2.22. The molecule has 0 radical (unpaired) electrons. The molecular formula is C24H30N4O5. The molecule has 2 N–H and O–H groups in total. The molecule has 1 aliphatic heterocycles. The Morgan fingerprint density at radius 3 is 2.52 bits per heavy atom. The highest BCUT2D eigenvalue weighted by molar-refractivity contribution is 5.96. The molecule has 2 amide bonds. The van der Waals surface area contributed by atoms with Crippen LogP contribution >= 0.6 is 0 Å². The van der Waals surface area contributed by atoms with Crippen LogP contribution in [0.4, 0.5) is 10.5 Å². The zero-order valence-electron chi connectivity index (χ0n) is 19.7. The lowest BCUT2D eigenvalue weighted by molar-refractivity contribution is -0.118. The van der Waals surface area contributed by atoms with Gasteiger partial charge < -0.3 is 24.8 Å². The van der Waals surface area contributed by atoms with Gasteiger partial charge >= 0.3 is 12.1 Å². The van der Waals surface area contributed by atoms with Gasteiger partial charge in [-0.3, -0.25) is 4.79 Å². The van der Waals surface area contributed by atoms with E-state index >= 15 is 0 Å². The Bertz CT molecular complexity index is 1060. The van der Waals surface area contributed by atoms with Crippen LogP contribution in [0.1, 0.15) is 58.1 Å². The largest absolute Gasteiger partial charge is 0.492 e. The van der Waals surface area contributed by atoms with E-state index in [1.165, 1.54) is 12.4 Å². The molecule has 9 heteroatoms. The second kappa shape index (κ2) is 8.53. The number of nitrogens with one attached hydrogen (secondary N) is 2. The lowest BCUT2D eigenvalue weighted by Crippen LogP contribution is -2.45. The van der Waals surface area contributed by atoms with Crippen LogP contribution in [0.25, 0.3) is 0 Å². The molecule has 1 aromatic carbocycles. The van der Waals surface area contributed by atoms with Crippen LogP contribution in [-0.4, -0.2) is 40.2 Å². The summed E-state index contributed by atoms with van der Waals surface area (Å²) < 4.78 is 17.1. The molecule has 1 spiro atoms. The minimum atomic E-state index is -0.749. The van der Waals surface area contributed by atoms with E-state index in [0.717, 1.165) is 29.7 Å². The number of hydrogen-bond acceptors (Lipinski definition) is 7. The number of fused-ring (bicyclic) bond motifs is 2. The predicted molar refractivity (Wildman–Crippen MR) is 122 cm³/mol. The molecule has 2 aliphatic rings. The summed E-state index contributed by atoms with van der Waals surface area (Å²) in [5, 5.41) is 5.29. The van der Waals surface area contributed by atoms with Crippen LogP contribution < -0.4 is 20.1 Å². The number of carbonyl (C=O) groups is 2. The fourth-order valence-corrected chi connectivity index (χ4v) is 3.83. The topological polar surface area (TPSA) is 112 Å². The SMILES string of the molecule is CC[C@@H](NC(=O)OC(C)(C)C)C(=O)Nc1cnc(Oc2ccc(C)c3c2C2(CC2)CO3)nc1. The van der Waals surface area contributed by atoms with Gasteiger partial charge in [-0.25, -0.2) is 14.8 Å². The Labute approximate surface area is 193 Å². The minimum absolute atomic E-state index is 0.0565. The molecule has 1 aromatic heterocycles. The quantitative estimate of drug-likeness (QED) is 0.671. The summed E-state index contributed by atoms with van der Waals surface area (Å²) in [6, 6.07) is 3.32. The van der Waals surface area contributed by atoms with Gasteiger partial charge in [0, 0.05) is 11.0 Å². The number of hydrogen-bond donors (Lipinski definition) is 2. The predicted octanol–water partition coefficient (Wildman–Crippen LogP) is 4.24. The molecule has 1 aliphatic carbocycles. The molecule has 0 saturated heterocycles. The van der Waals surface area contributed by atoms with Crippen molar-refractivity contribution in [3.63, 3.8) is 0 Å². The summed E-state index contributed by atoms with van der Waals surface area (Å²) in [6.45, 7) is 9.79. The highest BCUT2D eigenvalue weighted by Crippen LogP contribution is 2.59. The fourth-order valence-electron chi connectivity index (χ4n) is 3.83. The van der Waals surface area contributed by atoms with Gasteiger partial charge in [0.1, 0.15) is 23.1 Å². The summed E-state index contributed by atoms with van der Waals surface area (Å²) >= 11 is 0. The smallest absolute Gasteiger partial charge is 0.408 e. The molecular weight excluding hydrogens is 424 g/mol. The first-order valence-electron chi connectivity index (χ1n) is 11.2. The summed E-state index contributed by atoms with van der Waals surface area (Å²) in [5.74, 6) is 1.22. The number of amides is 2. The molecule has 2 aromatic rings. The molecule has 0 bridgehead atoms. The second-order valence-electron chi connectivity index (χ2n) is 9.61. The van der Waals surface area contributed by atoms with Crippen LogP contribution in [0.5, 0.6) is 17.5 Å². The maximum atomic E-state index is 12.6. The van der Waals surface area contributed by atoms with Crippen molar-refractivity contribution < 1.29 is 23.8 Å². The number of aromatic nitrogens is 2. The highest BCUT2D eigenvalue weighted by Gasteiger charge is 2.53. The number of rotatable bonds is 6. The molecule has 4 rings (SSSR count). The van der Waals surface area contributed by atoms with Crippen molar-refractivity contribution in [2.45, 2.75) is 70.9 Å². The molecule has 2 heterocycles. The van der Waals surface area contributed by atoms with E-state index in [4.69, 9.17) is 14.2 Å². The summed E-state index contributed by atoms with van der Waals surface area (Å²) in [5.41, 5.74) is 1.99. The van der Waals surface area contributed by atoms with Gasteiger partial charge in [-0.1, -0.05) is 13.0 Å². The van der Waals surface area contributed by atoms with Gasteiger partial charge in [0.05, 0.1) is 24.7 Å². The van der Waals surface area contributed by atoms with Gasteiger partial charge in [-0.05, 0) is 58.6 Å². The van der Waals surface area contributed by atoms with Crippen LogP contribution in [0.15, 0.2) is 24.5 Å². The molecule has 0 unspecified atom stereocenters. The number of carbonyl (C=O) groups excluding carboxylic acids is 2. The van der Waals surface area contributed by atoms with E-state index in [0.29, 0.717) is 24.5 Å². The van der Waals surface area contributed by atoms with E-state index in [9.17, 15) is 9.59 Å². The van der Waals surface area contributed by atoms with Crippen molar-refractivity contribution in [3.8, 4) is 17.5 Å². The van der Waals surface area contributed by atoms with E-state index in [1.54, 1.807) is 27.7 Å². The summed E-state index contributed by atoms with van der Waals surface area (Å²) in [4.78, 5) is 33.0. The Balaban J connectivity index is 1.40. The Morgan fingerprint density at radius 2 is 1.91 bits per heavy atom. The van der Waals surface area contributed by atoms with Crippen LogP contribution in [-0.2, 0) is 14.9 Å². The van der Waals surface area contributed by atoms with Crippen LogP contribution in [0.2, 0.25) is 0 Å². The summed E-state index contributed by atoms with van der Waals surface area (Å²) in [6.07, 6.45) is 4.86. The number of aryl methyl sites for hydroxylation is 1. The van der Waals surface area contributed by atoms with Crippen molar-refractivity contribution in [2.24, 2.45) is 0 Å². The highest BCUT2D eigenvalue weighted by atomic mass is 16.6. The monoisotopic (exact) mass is 454 g/mol. The van der Waals surface area contributed by atoms with E-state index < -0.39 is 17.7 Å². The third-order valence-corrected chi connectivity index (χ3v) is 5.71. The van der Waals surface area contributed by atoms with Gasteiger partial charge in [0.25, 0.3) is 0 Å². The Morgan fingerprint density at radius 1 is 1.21 bits per heavy atom. The number of benzene rings is 1. The average Bonchev–Trinajstić information content (AvgIpc) is 3.42. The maximum Gasteiger partial charge on any atom is 0.408 e. The molecule has 9 nitrogen and oxygen atoms in total. The fraction of sp³-hybridized carbons (Fsp3) is 0.500. The minimum Gasteiger partial charge on any atom is -0.492 e. The standard InChI is InChI=1S/C24H30N4O5/c1-6-16(28-22(30)33-23(3,4)5)20(29)27-15-11-25-21(26-12-15)32-17-8-7-14(2)19-18(17)24(9-10-24)13-31-19/h7-8,11-12,16H,6,9-10,13H2,1-5H3,(H,27,29)(H,28,30)/t16-/m1/s1. The van der Waals surface area contributed by atoms with Crippen LogP contribution in [0, 0.1) is 6.92 Å². The zero-order valence-corrected chi connectivity index (χ0v) is 19.7. The Kier molecular flexibility index (Phi) is 5.90. The second-order valence-corrected chi connectivity index (χ2v) is 9.61. The van der Waals surface area contributed by atoms with E-state index in [1.807, 2.05) is 19.1 Å². The molecule has 33 heavy (non-hydrogen) atoms. The maximum absolute atomic E-state index is 12.6. The molecule has 1 fully saturated rings. The van der Waals surface area contributed by atoms with Crippen LogP contribution in [0.3, 0.4) is 0 Å².